The number of primary amides is 1. The number of carboxylic acids is 1. The lowest BCUT2D eigenvalue weighted by atomic mass is 10.2. The minimum Gasteiger partial charge on any atom is -0.480 e. The van der Waals surface area contributed by atoms with Crippen molar-refractivity contribution in [3.8, 4) is 0 Å². The molecule has 0 saturated carbocycles. The molecule has 3 amide bonds. The molecule has 0 saturated heterocycles. The number of nitrogens with two attached hydrogens (primary N) is 1. The van der Waals surface area contributed by atoms with Gasteiger partial charge in [0.1, 0.15) is 12.6 Å². The number of ether oxygens (including phenoxy) is 1. The zero-order valence-electron chi connectivity index (χ0n) is 12.3. The molecule has 9 nitrogen and oxygen atoms in total. The largest absolute Gasteiger partial charge is 0.480 e. The summed E-state index contributed by atoms with van der Waals surface area (Å²) in [6.07, 6.45) is -0.535. The highest BCUT2D eigenvalue weighted by atomic mass is 16.5. The van der Waals surface area contributed by atoms with Crippen LogP contribution in [-0.4, -0.2) is 59.1 Å². The molecule has 1 atom stereocenters. The summed E-state index contributed by atoms with van der Waals surface area (Å²) in [5.41, 5.74) is 4.92. The summed E-state index contributed by atoms with van der Waals surface area (Å²) in [6, 6.07) is -2.59. The lowest BCUT2D eigenvalue weighted by Crippen LogP contribution is -2.52. The van der Waals surface area contributed by atoms with Crippen molar-refractivity contribution in [3.63, 3.8) is 0 Å². The Balaban J connectivity index is 4.83. The Morgan fingerprint density at radius 3 is 2.24 bits per heavy atom. The quantitative estimate of drug-likeness (QED) is 0.507. The summed E-state index contributed by atoms with van der Waals surface area (Å²) in [4.78, 5) is 46.3. The number of nitrogens with zero attached hydrogens (tertiary/aromatic N) is 1. The number of nitrogens with one attached hydrogen (secondary N) is 1. The van der Waals surface area contributed by atoms with Gasteiger partial charge in [0.05, 0.1) is 13.0 Å². The molecule has 0 heterocycles. The molecule has 0 aromatic heterocycles. The molecule has 120 valence electrons. The summed E-state index contributed by atoms with van der Waals surface area (Å²) < 4.78 is 4.74. The number of urea groups is 1. The van der Waals surface area contributed by atoms with Gasteiger partial charge in [0.15, 0.2) is 0 Å². The molecule has 0 bridgehead atoms. The van der Waals surface area contributed by atoms with Gasteiger partial charge in [-0.1, -0.05) is 0 Å². The molecule has 0 rings (SSSR count). The lowest BCUT2D eigenvalue weighted by molar-refractivity contribution is -0.144. The number of carbonyl (C=O) groups is 4. The number of carbonyl (C=O) groups excluding carboxylic acids is 3. The highest BCUT2D eigenvalue weighted by Crippen LogP contribution is 2.02. The fourth-order valence-corrected chi connectivity index (χ4v) is 1.47. The number of hydrogen-bond donors (Lipinski definition) is 3. The maximum atomic E-state index is 12.0. The van der Waals surface area contributed by atoms with Crippen LogP contribution in [0.5, 0.6) is 0 Å². The van der Waals surface area contributed by atoms with Crippen LogP contribution in [-0.2, 0) is 19.1 Å². The molecule has 0 spiro atoms. The Morgan fingerprint density at radius 1 is 1.29 bits per heavy atom. The van der Waals surface area contributed by atoms with Gasteiger partial charge in [0, 0.05) is 6.04 Å². The Morgan fingerprint density at radius 2 is 1.86 bits per heavy atom. The van der Waals surface area contributed by atoms with E-state index in [-0.39, 0.29) is 19.2 Å². The molecule has 0 fully saturated rings. The zero-order chi connectivity index (χ0) is 16.6. The van der Waals surface area contributed by atoms with Crippen LogP contribution in [0.25, 0.3) is 0 Å². The first-order chi connectivity index (χ1) is 9.68. The van der Waals surface area contributed by atoms with Gasteiger partial charge in [-0.2, -0.15) is 0 Å². The van der Waals surface area contributed by atoms with Crippen LogP contribution in [0.1, 0.15) is 27.2 Å². The van der Waals surface area contributed by atoms with Crippen molar-refractivity contribution >= 4 is 23.9 Å². The highest BCUT2D eigenvalue weighted by Gasteiger charge is 2.27. The van der Waals surface area contributed by atoms with E-state index in [2.05, 4.69) is 5.32 Å². The normalized spacial score (nSPS) is 11.6. The molecule has 0 aliphatic heterocycles. The van der Waals surface area contributed by atoms with E-state index in [0.717, 1.165) is 4.90 Å². The van der Waals surface area contributed by atoms with Gasteiger partial charge >= 0.3 is 18.0 Å². The van der Waals surface area contributed by atoms with Crippen molar-refractivity contribution in [3.05, 3.63) is 0 Å². The van der Waals surface area contributed by atoms with Gasteiger partial charge in [-0.25, -0.2) is 9.59 Å². The van der Waals surface area contributed by atoms with E-state index in [1.54, 1.807) is 20.8 Å². The topological polar surface area (TPSA) is 139 Å². The van der Waals surface area contributed by atoms with Crippen molar-refractivity contribution < 1.29 is 29.0 Å². The Labute approximate surface area is 122 Å². The average Bonchev–Trinajstić information content (AvgIpc) is 2.34. The van der Waals surface area contributed by atoms with Gasteiger partial charge in [-0.3, -0.25) is 9.59 Å². The molecule has 4 N–H and O–H groups in total. The third-order valence-electron chi connectivity index (χ3n) is 2.49. The van der Waals surface area contributed by atoms with Crippen LogP contribution in [0.2, 0.25) is 0 Å². The van der Waals surface area contributed by atoms with Gasteiger partial charge in [0.25, 0.3) is 0 Å². The van der Waals surface area contributed by atoms with Crippen molar-refractivity contribution in [2.24, 2.45) is 5.73 Å². The first kappa shape index (κ1) is 18.7. The SMILES string of the molecule is CCOC(=O)CN(C(=O)NC(CC(N)=O)C(=O)O)C(C)C. The van der Waals surface area contributed by atoms with Gasteiger partial charge in [-0.15, -0.1) is 0 Å². The molecule has 0 aromatic rings. The maximum absolute atomic E-state index is 12.0. The summed E-state index contributed by atoms with van der Waals surface area (Å²) in [6.45, 7) is 4.79. The van der Waals surface area contributed by atoms with Crippen LogP contribution in [0.4, 0.5) is 4.79 Å². The monoisotopic (exact) mass is 303 g/mol. The second kappa shape index (κ2) is 8.77. The van der Waals surface area contributed by atoms with Crippen LogP contribution in [0, 0.1) is 0 Å². The molecular formula is C12H21N3O6. The van der Waals surface area contributed by atoms with E-state index >= 15 is 0 Å². The van der Waals surface area contributed by atoms with E-state index in [1.165, 1.54) is 0 Å². The molecule has 0 aliphatic carbocycles. The van der Waals surface area contributed by atoms with Gasteiger partial charge in [0.2, 0.25) is 5.91 Å². The maximum Gasteiger partial charge on any atom is 0.326 e. The summed E-state index contributed by atoms with van der Waals surface area (Å²) >= 11 is 0. The zero-order valence-corrected chi connectivity index (χ0v) is 12.3. The lowest BCUT2D eigenvalue weighted by Gasteiger charge is -2.27. The summed E-state index contributed by atoms with van der Waals surface area (Å²) in [7, 11) is 0. The summed E-state index contributed by atoms with van der Waals surface area (Å²) in [5, 5.41) is 11.1. The minimum absolute atomic E-state index is 0.172. The molecule has 1 unspecified atom stereocenters. The predicted octanol–water partition coefficient (Wildman–Crippen LogP) is -0.702. The van der Waals surface area contributed by atoms with Crippen LogP contribution in [0.15, 0.2) is 0 Å². The van der Waals surface area contributed by atoms with Gasteiger partial charge in [-0.05, 0) is 20.8 Å². The van der Waals surface area contributed by atoms with Crippen LogP contribution >= 0.6 is 0 Å². The highest BCUT2D eigenvalue weighted by molar-refractivity contribution is 5.88. The Bertz CT molecular complexity index is 410. The predicted molar refractivity (Wildman–Crippen MR) is 72.2 cm³/mol. The van der Waals surface area contributed by atoms with E-state index in [0.29, 0.717) is 0 Å². The second-order valence-corrected chi connectivity index (χ2v) is 4.54. The molecular weight excluding hydrogens is 282 g/mol. The second-order valence-electron chi connectivity index (χ2n) is 4.54. The minimum atomic E-state index is -1.45. The fraction of sp³-hybridized carbons (Fsp3) is 0.667. The molecule has 9 heteroatoms. The number of amides is 3. The number of esters is 1. The van der Waals surface area contributed by atoms with E-state index < -0.39 is 36.3 Å². The third-order valence-corrected chi connectivity index (χ3v) is 2.49. The smallest absolute Gasteiger partial charge is 0.326 e. The average molecular weight is 303 g/mol. The van der Waals surface area contributed by atoms with E-state index in [1.807, 2.05) is 0 Å². The first-order valence-electron chi connectivity index (χ1n) is 6.42. The van der Waals surface area contributed by atoms with Crippen LogP contribution < -0.4 is 11.1 Å². The van der Waals surface area contributed by atoms with Crippen molar-refractivity contribution in [2.45, 2.75) is 39.3 Å². The number of rotatable bonds is 8. The first-order valence-corrected chi connectivity index (χ1v) is 6.42. The standard InChI is InChI=1S/C12H21N3O6/c1-4-21-10(17)6-15(7(2)3)12(20)14-8(11(18)19)5-9(13)16/h7-8H,4-6H2,1-3H3,(H2,13,16)(H,14,20)(H,18,19). The van der Waals surface area contributed by atoms with Crippen molar-refractivity contribution in [1.82, 2.24) is 10.2 Å². The number of carboxylic acid groups (broad SMARTS) is 1. The molecule has 21 heavy (non-hydrogen) atoms. The van der Waals surface area contributed by atoms with Crippen molar-refractivity contribution in [1.29, 1.82) is 0 Å². The van der Waals surface area contributed by atoms with Crippen LogP contribution in [0.3, 0.4) is 0 Å². The summed E-state index contributed by atoms with van der Waals surface area (Å²) in [5.74, 6) is -2.85. The molecule has 0 radical (unpaired) electrons. The van der Waals surface area contributed by atoms with Crippen molar-refractivity contribution in [2.75, 3.05) is 13.2 Å². The number of aliphatic carboxylic acids is 1. The Hall–Kier alpha value is -2.32. The molecule has 0 aromatic carbocycles. The third kappa shape index (κ3) is 7.14. The fourth-order valence-electron chi connectivity index (χ4n) is 1.47. The number of hydrogen-bond acceptors (Lipinski definition) is 5. The van der Waals surface area contributed by atoms with E-state index in [4.69, 9.17) is 15.6 Å². The molecule has 0 aliphatic rings. The Kier molecular flexibility index (Phi) is 7.80. The van der Waals surface area contributed by atoms with Gasteiger partial charge < -0.3 is 25.8 Å². The van der Waals surface area contributed by atoms with E-state index in [9.17, 15) is 19.2 Å².